The number of aromatic nitrogens is 4. The molecule has 0 aliphatic carbocycles. The van der Waals surface area contributed by atoms with Crippen LogP contribution < -0.4 is 5.73 Å². The maximum Gasteiger partial charge on any atom is 0.191 e. The third kappa shape index (κ3) is 6.41. The molecule has 0 bridgehead atoms. The van der Waals surface area contributed by atoms with Crippen LogP contribution in [0.2, 0.25) is 0 Å². The summed E-state index contributed by atoms with van der Waals surface area (Å²) in [5, 5.41) is 0.698. The van der Waals surface area contributed by atoms with Crippen molar-refractivity contribution < 1.29 is 4.42 Å². The van der Waals surface area contributed by atoms with E-state index in [0.29, 0.717) is 16.5 Å². The molecule has 180 valence electrons. The van der Waals surface area contributed by atoms with E-state index in [1.165, 1.54) is 50.5 Å². The minimum Gasteiger partial charge on any atom is -0.461 e. The Labute approximate surface area is 206 Å². The molecule has 3 aromatic heterocycles. The second-order valence-electron chi connectivity index (χ2n) is 8.69. The highest BCUT2D eigenvalue weighted by atomic mass is 32.2. The number of unbranched alkanes of at least 4 members (excludes halogenated alkanes) is 7. The number of furan rings is 1. The molecule has 2 N–H and O–H groups in total. The van der Waals surface area contributed by atoms with Crippen molar-refractivity contribution in [2.24, 2.45) is 0 Å². The predicted octanol–water partition coefficient (Wildman–Crippen LogP) is 7.14. The smallest absolute Gasteiger partial charge is 0.191 e. The lowest BCUT2D eigenvalue weighted by Gasteiger charge is -2.08. The molecule has 0 spiro atoms. The molecule has 4 aromatic rings. The summed E-state index contributed by atoms with van der Waals surface area (Å²) in [4.78, 5) is 14.2. The fourth-order valence-electron chi connectivity index (χ4n) is 4.18. The highest BCUT2D eigenvalue weighted by Crippen LogP contribution is 2.29. The molecule has 0 saturated carbocycles. The van der Waals surface area contributed by atoms with Gasteiger partial charge in [-0.25, -0.2) is 15.0 Å². The number of hydrogen-bond donors (Lipinski definition) is 1. The van der Waals surface area contributed by atoms with E-state index in [2.05, 4.69) is 40.7 Å². The number of fused-ring (bicyclic) bond motifs is 1. The van der Waals surface area contributed by atoms with Crippen LogP contribution in [0.5, 0.6) is 0 Å². The maximum atomic E-state index is 6.34. The first-order chi connectivity index (χ1) is 16.8. The van der Waals surface area contributed by atoms with Crippen LogP contribution in [0.3, 0.4) is 0 Å². The third-order valence-corrected chi connectivity index (χ3v) is 6.89. The Kier molecular flexibility index (Phi) is 9.02. The monoisotopic (exact) mass is 477 g/mol. The number of imidazole rings is 1. The van der Waals surface area contributed by atoms with E-state index in [-0.39, 0.29) is 0 Å². The van der Waals surface area contributed by atoms with Crippen LogP contribution in [-0.4, -0.2) is 25.3 Å². The fraction of sp³-hybridized carbons (Fsp3) is 0.444. The number of aryl methyl sites for hydroxylation is 2. The van der Waals surface area contributed by atoms with Gasteiger partial charge in [-0.3, -0.25) is 0 Å². The van der Waals surface area contributed by atoms with Gasteiger partial charge in [0.2, 0.25) is 0 Å². The van der Waals surface area contributed by atoms with Crippen molar-refractivity contribution in [3.63, 3.8) is 0 Å². The van der Waals surface area contributed by atoms with E-state index in [0.717, 1.165) is 42.4 Å². The minimum atomic E-state index is 0.426. The summed E-state index contributed by atoms with van der Waals surface area (Å²) in [6.45, 7) is 3.10. The summed E-state index contributed by atoms with van der Waals surface area (Å²) >= 11 is 1.63. The van der Waals surface area contributed by atoms with Crippen molar-refractivity contribution in [3.05, 3.63) is 54.3 Å². The summed E-state index contributed by atoms with van der Waals surface area (Å²) in [6.07, 6.45) is 12.8. The van der Waals surface area contributed by atoms with Gasteiger partial charge in [-0.1, -0.05) is 94.0 Å². The molecule has 6 nitrogen and oxygen atoms in total. The lowest BCUT2D eigenvalue weighted by atomic mass is 10.1. The molecule has 34 heavy (non-hydrogen) atoms. The second-order valence-corrected chi connectivity index (χ2v) is 9.75. The third-order valence-electron chi connectivity index (χ3n) is 6.04. The van der Waals surface area contributed by atoms with Crippen LogP contribution in [0.4, 0.5) is 5.82 Å². The number of nitrogen functional groups attached to an aromatic ring is 1. The van der Waals surface area contributed by atoms with Crippen molar-refractivity contribution >= 4 is 28.7 Å². The zero-order valence-electron chi connectivity index (χ0n) is 20.1. The largest absolute Gasteiger partial charge is 0.461 e. The van der Waals surface area contributed by atoms with E-state index < -0.39 is 0 Å². The zero-order chi connectivity index (χ0) is 23.6. The molecule has 0 atom stereocenters. The number of nitrogens with two attached hydrogens (primary N) is 1. The number of anilines is 1. The molecular weight excluding hydrogens is 442 g/mol. The average molecular weight is 478 g/mol. The number of nitrogens with zero attached hydrogens (tertiary/aromatic N) is 4. The highest BCUT2D eigenvalue weighted by molar-refractivity contribution is 7.99. The van der Waals surface area contributed by atoms with Gasteiger partial charge in [0.05, 0.1) is 6.26 Å². The van der Waals surface area contributed by atoms with Gasteiger partial charge in [-0.15, -0.1) is 0 Å². The van der Waals surface area contributed by atoms with Crippen LogP contribution in [0.15, 0.2) is 58.3 Å². The maximum absolute atomic E-state index is 6.34. The second kappa shape index (κ2) is 12.6. The van der Waals surface area contributed by atoms with Crippen LogP contribution >= 0.6 is 11.8 Å². The quantitative estimate of drug-likeness (QED) is 0.118. The number of rotatable bonds is 14. The fourth-order valence-corrected chi connectivity index (χ4v) is 5.01. The van der Waals surface area contributed by atoms with Gasteiger partial charge in [0, 0.05) is 12.3 Å². The molecule has 1 aromatic carbocycles. The lowest BCUT2D eigenvalue weighted by molar-refractivity contribution is 0.538. The molecule has 0 amide bonds. The Morgan fingerprint density at radius 3 is 2.38 bits per heavy atom. The molecule has 4 rings (SSSR count). The molecule has 0 aliphatic heterocycles. The van der Waals surface area contributed by atoms with Crippen LogP contribution in [0, 0.1) is 0 Å². The van der Waals surface area contributed by atoms with E-state index in [1.807, 2.05) is 18.2 Å². The minimum absolute atomic E-state index is 0.426. The average Bonchev–Trinajstić information content (AvgIpc) is 3.50. The SMILES string of the molecule is CCCCCCCCCCn1c(-c2ccco2)nc2c(N)nc(SCCc3ccccc3)nc21. The van der Waals surface area contributed by atoms with E-state index in [9.17, 15) is 0 Å². The summed E-state index contributed by atoms with van der Waals surface area (Å²) in [5.74, 6) is 2.83. The molecule has 0 unspecified atom stereocenters. The van der Waals surface area contributed by atoms with Crippen molar-refractivity contribution in [2.75, 3.05) is 11.5 Å². The molecule has 0 saturated heterocycles. The lowest BCUT2D eigenvalue weighted by Crippen LogP contribution is -2.04. The van der Waals surface area contributed by atoms with Crippen molar-refractivity contribution in [3.8, 4) is 11.6 Å². The van der Waals surface area contributed by atoms with Gasteiger partial charge in [0.25, 0.3) is 0 Å². The summed E-state index contributed by atoms with van der Waals surface area (Å²) < 4.78 is 7.84. The first kappa shape index (κ1) is 24.3. The highest BCUT2D eigenvalue weighted by Gasteiger charge is 2.19. The van der Waals surface area contributed by atoms with Gasteiger partial charge < -0.3 is 14.7 Å². The van der Waals surface area contributed by atoms with Crippen molar-refractivity contribution in [1.82, 2.24) is 19.5 Å². The molecule has 0 aliphatic rings. The Balaban J connectivity index is 1.47. The topological polar surface area (TPSA) is 82.8 Å². The van der Waals surface area contributed by atoms with Crippen LogP contribution in [-0.2, 0) is 13.0 Å². The van der Waals surface area contributed by atoms with E-state index >= 15 is 0 Å². The van der Waals surface area contributed by atoms with E-state index in [1.54, 1.807) is 18.0 Å². The van der Waals surface area contributed by atoms with Crippen LogP contribution in [0.1, 0.15) is 63.9 Å². The van der Waals surface area contributed by atoms with Gasteiger partial charge >= 0.3 is 0 Å². The Morgan fingerprint density at radius 1 is 0.882 bits per heavy atom. The van der Waals surface area contributed by atoms with Gasteiger partial charge in [0.15, 0.2) is 33.7 Å². The summed E-state index contributed by atoms with van der Waals surface area (Å²) in [7, 11) is 0. The standard InChI is InChI=1S/C27H35N5OS/c1-2-3-4-5-6-7-8-12-18-32-25(22-16-13-19-33-22)29-23-24(28)30-27(31-26(23)32)34-20-17-21-14-10-9-11-15-21/h9-11,13-16,19H,2-8,12,17-18,20H2,1H3,(H2,28,30,31). The molecular formula is C27H35N5OS. The first-order valence-corrected chi connectivity index (χ1v) is 13.5. The summed E-state index contributed by atoms with van der Waals surface area (Å²) in [6, 6.07) is 14.3. The van der Waals surface area contributed by atoms with Crippen molar-refractivity contribution in [1.29, 1.82) is 0 Å². The number of hydrogen-bond acceptors (Lipinski definition) is 6. The molecule has 0 fully saturated rings. The molecule has 0 radical (unpaired) electrons. The Hall–Kier alpha value is -2.80. The van der Waals surface area contributed by atoms with Gasteiger partial charge in [-0.2, -0.15) is 0 Å². The number of thioether (sulfide) groups is 1. The summed E-state index contributed by atoms with van der Waals surface area (Å²) in [5.41, 5.74) is 9.09. The van der Waals surface area contributed by atoms with Crippen molar-refractivity contribution in [2.45, 2.75) is 76.4 Å². The van der Waals surface area contributed by atoms with Gasteiger partial charge in [0.1, 0.15) is 0 Å². The number of benzene rings is 1. The Morgan fingerprint density at radius 2 is 1.65 bits per heavy atom. The molecule has 3 heterocycles. The zero-order valence-corrected chi connectivity index (χ0v) is 20.9. The van der Waals surface area contributed by atoms with Gasteiger partial charge in [-0.05, 0) is 30.5 Å². The Bertz CT molecular complexity index is 1140. The normalized spacial score (nSPS) is 11.4. The first-order valence-electron chi connectivity index (χ1n) is 12.5. The molecule has 7 heteroatoms. The van der Waals surface area contributed by atoms with Crippen LogP contribution in [0.25, 0.3) is 22.7 Å². The predicted molar refractivity (Wildman–Crippen MR) is 141 cm³/mol. The van der Waals surface area contributed by atoms with E-state index in [4.69, 9.17) is 20.1 Å².